The molecule has 0 unspecified atom stereocenters. The summed E-state index contributed by atoms with van der Waals surface area (Å²) in [6.07, 6.45) is 8.27. The Kier molecular flexibility index (Phi) is 4.81. The summed E-state index contributed by atoms with van der Waals surface area (Å²) in [5, 5.41) is 22.2. The van der Waals surface area contributed by atoms with Crippen LogP contribution in [-0.4, -0.2) is 33.8 Å². The molecular formula is C17H16N4O5. The first kappa shape index (κ1) is 17.4. The first-order chi connectivity index (χ1) is 12.5. The maximum Gasteiger partial charge on any atom is 0.300 e. The van der Waals surface area contributed by atoms with E-state index in [2.05, 4.69) is 4.90 Å². The van der Waals surface area contributed by atoms with Crippen LogP contribution >= 0.6 is 0 Å². The van der Waals surface area contributed by atoms with E-state index >= 15 is 0 Å². The smallest absolute Gasteiger partial charge is 0.300 e. The van der Waals surface area contributed by atoms with Crippen molar-refractivity contribution in [1.82, 2.24) is 4.90 Å². The molecule has 0 atom stereocenters. The molecule has 0 N–H and O–H groups in total. The van der Waals surface area contributed by atoms with Gasteiger partial charge < -0.3 is 9.80 Å². The third kappa shape index (κ3) is 3.33. The summed E-state index contributed by atoms with van der Waals surface area (Å²) >= 11 is 0. The van der Waals surface area contributed by atoms with Crippen molar-refractivity contribution in [2.24, 2.45) is 0 Å². The van der Waals surface area contributed by atoms with Crippen LogP contribution in [0.15, 0.2) is 47.9 Å². The summed E-state index contributed by atoms with van der Waals surface area (Å²) < 4.78 is 0. The number of nitro groups is 2. The Morgan fingerprint density at radius 2 is 1.77 bits per heavy atom. The van der Waals surface area contributed by atoms with Crippen LogP contribution in [0.2, 0.25) is 0 Å². The van der Waals surface area contributed by atoms with Crippen LogP contribution in [-0.2, 0) is 4.79 Å². The van der Waals surface area contributed by atoms with Crippen molar-refractivity contribution < 1.29 is 14.6 Å². The average molecular weight is 356 g/mol. The zero-order chi connectivity index (χ0) is 18.7. The number of carbonyl (C=O) groups excluding carboxylic acids is 1. The molecule has 0 radical (unpaired) electrons. The van der Waals surface area contributed by atoms with Crippen LogP contribution in [0.3, 0.4) is 0 Å². The van der Waals surface area contributed by atoms with Crippen molar-refractivity contribution >= 4 is 23.0 Å². The van der Waals surface area contributed by atoms with Gasteiger partial charge in [0.15, 0.2) is 5.94 Å². The highest BCUT2D eigenvalue weighted by Crippen LogP contribution is 2.36. The lowest BCUT2D eigenvalue weighted by molar-refractivity contribution is -0.393. The minimum atomic E-state index is -0.706. The Hall–Kier alpha value is -3.45. The number of piperidine rings is 1. The number of hydrogen-bond acceptors (Lipinski definition) is 7. The van der Waals surface area contributed by atoms with Gasteiger partial charge in [0.1, 0.15) is 11.4 Å². The molecule has 0 aromatic heterocycles. The summed E-state index contributed by atoms with van der Waals surface area (Å²) in [5.41, 5.74) is 0.201. The van der Waals surface area contributed by atoms with Crippen molar-refractivity contribution in [3.63, 3.8) is 0 Å². The SMILES string of the molecule is O=C=C1C=C(N2CCCCC2)C=CN1c1ccc([N+](=O)[O-])cc1[N+](=O)[O-]. The maximum atomic E-state index is 11.4. The normalized spacial score (nSPS) is 16.9. The van der Waals surface area contributed by atoms with Gasteiger partial charge in [0.05, 0.1) is 15.9 Å². The predicted molar refractivity (Wildman–Crippen MR) is 94.1 cm³/mol. The molecule has 0 aliphatic carbocycles. The Balaban J connectivity index is 1.97. The average Bonchev–Trinajstić information content (AvgIpc) is 2.67. The first-order valence-corrected chi connectivity index (χ1v) is 8.13. The zero-order valence-electron chi connectivity index (χ0n) is 13.8. The lowest BCUT2D eigenvalue weighted by atomic mass is 10.1. The van der Waals surface area contributed by atoms with Gasteiger partial charge in [-0.05, 0) is 37.5 Å². The van der Waals surface area contributed by atoms with Crippen LogP contribution < -0.4 is 4.90 Å². The minimum Gasteiger partial charge on any atom is -0.371 e. The predicted octanol–water partition coefficient (Wildman–Crippen LogP) is 2.92. The molecule has 2 aliphatic rings. The van der Waals surface area contributed by atoms with Gasteiger partial charge in [0.25, 0.3) is 11.4 Å². The fraction of sp³-hybridized carbons (Fsp3) is 0.294. The Bertz CT molecular complexity index is 864. The van der Waals surface area contributed by atoms with E-state index in [0.29, 0.717) is 0 Å². The van der Waals surface area contributed by atoms with Crippen molar-refractivity contribution in [1.29, 1.82) is 0 Å². The van der Waals surface area contributed by atoms with Crippen molar-refractivity contribution in [2.45, 2.75) is 19.3 Å². The van der Waals surface area contributed by atoms with Gasteiger partial charge in [-0.3, -0.25) is 20.2 Å². The van der Waals surface area contributed by atoms with Gasteiger partial charge >= 0.3 is 0 Å². The molecule has 0 saturated carbocycles. The van der Waals surface area contributed by atoms with Crippen LogP contribution in [0.5, 0.6) is 0 Å². The minimum absolute atomic E-state index is 0.0733. The Morgan fingerprint density at radius 3 is 2.38 bits per heavy atom. The molecular weight excluding hydrogens is 340 g/mol. The highest BCUT2D eigenvalue weighted by molar-refractivity contribution is 5.78. The molecule has 3 rings (SSSR count). The van der Waals surface area contributed by atoms with Crippen molar-refractivity contribution in [3.8, 4) is 0 Å². The zero-order valence-corrected chi connectivity index (χ0v) is 13.8. The number of non-ortho nitro benzene ring substituents is 1. The highest BCUT2D eigenvalue weighted by Gasteiger charge is 2.26. The van der Waals surface area contributed by atoms with Crippen LogP contribution in [0.25, 0.3) is 0 Å². The monoisotopic (exact) mass is 356 g/mol. The lowest BCUT2D eigenvalue weighted by Crippen LogP contribution is -2.31. The number of nitrogens with zero attached hydrogens (tertiary/aromatic N) is 4. The third-order valence-corrected chi connectivity index (χ3v) is 4.39. The summed E-state index contributed by atoms with van der Waals surface area (Å²) in [5.74, 6) is 1.81. The second-order valence-corrected chi connectivity index (χ2v) is 5.98. The molecule has 0 spiro atoms. The summed E-state index contributed by atoms with van der Waals surface area (Å²) in [4.78, 5) is 35.7. The Morgan fingerprint density at radius 1 is 1.04 bits per heavy atom. The van der Waals surface area contributed by atoms with Gasteiger partial charge in [-0.25, -0.2) is 4.79 Å². The molecule has 1 aromatic rings. The number of hydrogen-bond donors (Lipinski definition) is 0. The molecule has 134 valence electrons. The molecule has 2 aliphatic heterocycles. The van der Waals surface area contributed by atoms with E-state index in [-0.39, 0.29) is 17.1 Å². The second kappa shape index (κ2) is 7.20. The quantitative estimate of drug-likeness (QED) is 0.463. The summed E-state index contributed by atoms with van der Waals surface area (Å²) in [7, 11) is 0. The maximum absolute atomic E-state index is 11.4. The number of nitro benzene ring substituents is 2. The third-order valence-electron chi connectivity index (χ3n) is 4.39. The topological polar surface area (TPSA) is 110 Å². The van der Waals surface area contributed by atoms with E-state index in [1.165, 1.54) is 23.5 Å². The van der Waals surface area contributed by atoms with Gasteiger partial charge in [-0.2, -0.15) is 0 Å². The van der Waals surface area contributed by atoms with E-state index in [9.17, 15) is 25.0 Å². The lowest BCUT2D eigenvalue weighted by Gasteiger charge is -2.32. The Labute approximate surface area is 148 Å². The summed E-state index contributed by atoms with van der Waals surface area (Å²) in [6.45, 7) is 1.78. The molecule has 1 saturated heterocycles. The van der Waals surface area contributed by atoms with Crippen molar-refractivity contribution in [3.05, 3.63) is 68.2 Å². The largest absolute Gasteiger partial charge is 0.371 e. The van der Waals surface area contributed by atoms with Gasteiger partial charge in [0.2, 0.25) is 0 Å². The molecule has 26 heavy (non-hydrogen) atoms. The fourth-order valence-corrected chi connectivity index (χ4v) is 3.10. The summed E-state index contributed by atoms with van der Waals surface area (Å²) in [6, 6.07) is 3.32. The molecule has 1 fully saturated rings. The van der Waals surface area contributed by atoms with E-state index in [1.807, 2.05) is 0 Å². The van der Waals surface area contributed by atoms with Crippen molar-refractivity contribution in [2.75, 3.05) is 18.0 Å². The fourth-order valence-electron chi connectivity index (χ4n) is 3.10. The number of allylic oxidation sites excluding steroid dienone is 2. The number of rotatable bonds is 4. The van der Waals surface area contributed by atoms with E-state index in [1.54, 1.807) is 24.3 Å². The highest BCUT2D eigenvalue weighted by atomic mass is 16.6. The number of likely N-dealkylation sites (tertiary alicyclic amines) is 1. The first-order valence-electron chi connectivity index (χ1n) is 8.13. The van der Waals surface area contributed by atoms with E-state index in [4.69, 9.17) is 0 Å². The molecule has 0 bridgehead atoms. The number of anilines is 1. The van der Waals surface area contributed by atoms with E-state index in [0.717, 1.165) is 37.7 Å². The number of benzene rings is 1. The van der Waals surface area contributed by atoms with Crippen LogP contribution in [0.1, 0.15) is 19.3 Å². The molecule has 0 amide bonds. The molecule has 1 aromatic carbocycles. The van der Waals surface area contributed by atoms with Gasteiger partial charge in [-0.1, -0.05) is 0 Å². The van der Waals surface area contributed by atoms with Crippen LogP contribution in [0, 0.1) is 20.2 Å². The molecule has 2 heterocycles. The van der Waals surface area contributed by atoms with Gasteiger partial charge in [-0.15, -0.1) is 0 Å². The van der Waals surface area contributed by atoms with Crippen LogP contribution in [0.4, 0.5) is 17.1 Å². The van der Waals surface area contributed by atoms with E-state index < -0.39 is 15.5 Å². The second-order valence-electron chi connectivity index (χ2n) is 5.98. The molecule has 9 nitrogen and oxygen atoms in total. The van der Waals surface area contributed by atoms with Gasteiger partial charge in [0, 0.05) is 31.1 Å². The standard InChI is InChI=1S/C17H16N4O5/c22-12-15-10-13(18-7-2-1-3-8-18)6-9-19(15)16-5-4-14(20(23)24)11-17(16)21(25)26/h4-6,9-11H,1-3,7-8H2. The molecule has 9 heteroatoms.